The first-order valence-electron chi connectivity index (χ1n) is 4.87. The van der Waals surface area contributed by atoms with Crippen molar-refractivity contribution in [3.8, 4) is 0 Å². The summed E-state index contributed by atoms with van der Waals surface area (Å²) in [7, 11) is 0. The third-order valence-corrected chi connectivity index (χ3v) is 3.36. The van der Waals surface area contributed by atoms with Crippen LogP contribution in [0.15, 0.2) is 5.38 Å². The van der Waals surface area contributed by atoms with Gasteiger partial charge in [0.25, 0.3) is 5.91 Å². The van der Waals surface area contributed by atoms with Gasteiger partial charge in [0.05, 0.1) is 0 Å². The first kappa shape index (κ1) is 17.4. The predicted molar refractivity (Wildman–Crippen MR) is 58.6 cm³/mol. The molecule has 1 amide bonds. The molecule has 1 atom stereocenters. The number of hydrogen-bond acceptors (Lipinski definition) is 5. The number of carbonyl (C=O) groups excluding carboxylic acids is 2. The third kappa shape index (κ3) is 3.92. The summed E-state index contributed by atoms with van der Waals surface area (Å²) in [6, 6.07) is 0.280. The van der Waals surface area contributed by atoms with Crippen LogP contribution in [-0.4, -0.2) is 40.1 Å². The minimum absolute atomic E-state index is 0. The van der Waals surface area contributed by atoms with Crippen molar-refractivity contribution in [3.05, 3.63) is 16.1 Å². The van der Waals surface area contributed by atoms with E-state index in [2.05, 4.69) is 4.98 Å². The van der Waals surface area contributed by atoms with Crippen molar-refractivity contribution in [3.63, 3.8) is 0 Å². The molecule has 0 bridgehead atoms. The zero-order valence-electron chi connectivity index (χ0n) is 9.84. The molecule has 1 aromatic heterocycles. The Kier molecular flexibility index (Phi) is 7.89. The van der Waals surface area contributed by atoms with Gasteiger partial charge in [-0.15, -0.1) is 0 Å². The number of amides is 1. The average Bonchev–Trinajstić information content (AvgIpc) is 2.84. The number of thiazole rings is 1. The van der Waals surface area contributed by atoms with Crippen LogP contribution in [0.5, 0.6) is 0 Å². The van der Waals surface area contributed by atoms with E-state index in [1.54, 1.807) is 11.7 Å². The molecule has 17 heavy (non-hydrogen) atoms. The predicted octanol–water partition coefficient (Wildman–Crippen LogP) is -1.95. The Labute approximate surface area is 146 Å². The van der Waals surface area contributed by atoms with E-state index in [9.17, 15) is 9.59 Å². The Morgan fingerprint density at radius 1 is 1.65 bits per heavy atom. The molecule has 2 rings (SSSR count). The van der Waals surface area contributed by atoms with E-state index in [0.29, 0.717) is 5.69 Å². The monoisotopic (exact) mass is 279 g/mol. The first-order valence-corrected chi connectivity index (χ1v) is 5.75. The molecular weight excluding hydrogens is 267 g/mol. The zero-order valence-corrected chi connectivity index (χ0v) is 13.8. The molecule has 0 unspecified atom stereocenters. The molecule has 1 aliphatic heterocycles. The van der Waals surface area contributed by atoms with E-state index in [4.69, 9.17) is 0 Å². The van der Waals surface area contributed by atoms with Crippen molar-refractivity contribution in [2.24, 2.45) is 0 Å². The van der Waals surface area contributed by atoms with Gasteiger partial charge < -0.3 is 15.2 Å². The normalized spacial score (nSPS) is 18.2. The van der Waals surface area contributed by atoms with Crippen molar-refractivity contribution in [1.29, 1.82) is 0 Å². The van der Waals surface area contributed by atoms with Gasteiger partial charge in [0.1, 0.15) is 5.69 Å². The first-order chi connectivity index (χ1) is 7.22. The largest absolute Gasteiger partial charge is 1.00 e. The standard InChI is InChI=1S/C10H11N2O2S.K.H2O/c1-7-3-2-4-12(7)10(14)8-6-15-9(5-13)11-8;;/h6-7H,2-4H2,1H3;;1H2/q-1;+1;/p-1/t7-;;/m0../s1. The Bertz CT molecular complexity index is 397. The maximum absolute atomic E-state index is 11.9. The molecule has 0 saturated carbocycles. The summed E-state index contributed by atoms with van der Waals surface area (Å²) in [6.07, 6.45) is 3.78. The van der Waals surface area contributed by atoms with Gasteiger partial charge in [-0.2, -0.15) is 11.3 Å². The van der Waals surface area contributed by atoms with Gasteiger partial charge in [-0.25, -0.2) is 6.29 Å². The number of likely N-dealkylation sites (tertiary alicyclic amines) is 1. The smallest absolute Gasteiger partial charge is 0.870 e. The molecule has 1 saturated heterocycles. The number of nitrogens with zero attached hydrogens (tertiary/aromatic N) is 2. The van der Waals surface area contributed by atoms with Gasteiger partial charge in [-0.1, -0.05) is 0 Å². The van der Waals surface area contributed by atoms with Crippen molar-refractivity contribution < 1.29 is 66.4 Å². The van der Waals surface area contributed by atoms with Crippen molar-refractivity contribution in [2.45, 2.75) is 25.8 Å². The average molecular weight is 279 g/mol. The summed E-state index contributed by atoms with van der Waals surface area (Å²) in [5.41, 5.74) is 0.368. The molecule has 0 radical (unpaired) electrons. The summed E-state index contributed by atoms with van der Waals surface area (Å²) in [5, 5.41) is 1.86. The van der Waals surface area contributed by atoms with Gasteiger partial charge in [-0.3, -0.25) is 9.78 Å². The molecule has 1 N–H and O–H groups in total. The van der Waals surface area contributed by atoms with Crippen LogP contribution in [0.4, 0.5) is 0 Å². The molecule has 5 nitrogen and oxygen atoms in total. The van der Waals surface area contributed by atoms with E-state index in [-0.39, 0.29) is 73.8 Å². The van der Waals surface area contributed by atoms with Gasteiger partial charge in [-0.05, 0) is 24.8 Å². The van der Waals surface area contributed by atoms with E-state index >= 15 is 0 Å². The van der Waals surface area contributed by atoms with Gasteiger partial charge in [0.2, 0.25) is 0 Å². The fraction of sp³-hybridized carbons (Fsp3) is 0.500. The molecule has 1 fully saturated rings. The van der Waals surface area contributed by atoms with Gasteiger partial charge >= 0.3 is 51.4 Å². The van der Waals surface area contributed by atoms with Crippen molar-refractivity contribution in [2.75, 3.05) is 6.54 Å². The van der Waals surface area contributed by atoms with E-state index < -0.39 is 0 Å². The Hall–Kier alpha value is 0.366. The number of hydrogen-bond donors (Lipinski definition) is 0. The molecule has 0 aliphatic carbocycles. The molecule has 2 heterocycles. The fourth-order valence-corrected chi connectivity index (χ4v) is 2.38. The quantitative estimate of drug-likeness (QED) is 0.466. The van der Waals surface area contributed by atoms with Crippen LogP contribution in [0.1, 0.15) is 35.3 Å². The van der Waals surface area contributed by atoms with E-state index in [1.165, 1.54) is 0 Å². The van der Waals surface area contributed by atoms with Crippen LogP contribution in [0.25, 0.3) is 0 Å². The molecule has 0 spiro atoms. The van der Waals surface area contributed by atoms with E-state index in [0.717, 1.165) is 30.7 Å². The number of rotatable bonds is 2. The summed E-state index contributed by atoms with van der Waals surface area (Å²) in [4.78, 5) is 28.0. The topological polar surface area (TPSA) is 80.3 Å². The molecule has 0 aromatic carbocycles. The maximum Gasteiger partial charge on any atom is 1.00 e. The summed E-state index contributed by atoms with van der Waals surface area (Å²) in [5.74, 6) is -0.0715. The maximum atomic E-state index is 11.9. The van der Waals surface area contributed by atoms with Crippen LogP contribution in [0, 0.1) is 0 Å². The number of aromatic nitrogens is 1. The summed E-state index contributed by atoms with van der Waals surface area (Å²) in [6.45, 7) is 2.82. The van der Waals surface area contributed by atoms with Crippen LogP contribution in [0.3, 0.4) is 0 Å². The van der Waals surface area contributed by atoms with Gasteiger partial charge in [0, 0.05) is 18.0 Å². The van der Waals surface area contributed by atoms with Crippen LogP contribution in [-0.2, 0) is 4.79 Å². The summed E-state index contributed by atoms with van der Waals surface area (Å²) < 4.78 is 0. The van der Waals surface area contributed by atoms with Gasteiger partial charge in [0.15, 0.2) is 0 Å². The molecule has 88 valence electrons. The molecule has 7 heteroatoms. The van der Waals surface area contributed by atoms with Crippen LogP contribution < -0.4 is 51.4 Å². The SMILES string of the molecule is C[C@H]1CCCN1C(=O)c1csc([C-]=O)n1.[K+].[OH-]. The fourth-order valence-electron chi connectivity index (χ4n) is 1.80. The second-order valence-electron chi connectivity index (χ2n) is 3.63. The second kappa shape index (κ2) is 7.73. The molecule has 1 aromatic rings. The number of carbonyl (C=O) groups is 1. The third-order valence-electron chi connectivity index (χ3n) is 2.62. The van der Waals surface area contributed by atoms with E-state index in [1.807, 2.05) is 11.8 Å². The summed E-state index contributed by atoms with van der Waals surface area (Å²) >= 11 is 1.16. The van der Waals surface area contributed by atoms with Crippen molar-refractivity contribution in [1.82, 2.24) is 9.88 Å². The van der Waals surface area contributed by atoms with Crippen LogP contribution in [0.2, 0.25) is 0 Å². The Balaban J connectivity index is 0.00000128. The zero-order chi connectivity index (χ0) is 10.8. The minimum atomic E-state index is -0.0715. The van der Waals surface area contributed by atoms with Crippen LogP contribution >= 0.6 is 11.3 Å². The minimum Gasteiger partial charge on any atom is -0.870 e. The van der Waals surface area contributed by atoms with Crippen molar-refractivity contribution >= 4 is 23.5 Å². The molecular formula is C10H12KN2O3S-. The Morgan fingerprint density at radius 3 is 2.82 bits per heavy atom. The second-order valence-corrected chi connectivity index (χ2v) is 4.49. The Morgan fingerprint density at radius 2 is 2.35 bits per heavy atom. The molecule has 1 aliphatic rings.